The number of aryl methyl sites for hydroxylation is 1. The summed E-state index contributed by atoms with van der Waals surface area (Å²) in [6, 6.07) is 7.58. The van der Waals surface area contributed by atoms with E-state index < -0.39 is 5.97 Å². The van der Waals surface area contributed by atoms with Gasteiger partial charge < -0.3 is 15.4 Å². The molecule has 0 aliphatic carbocycles. The molecule has 9 heteroatoms. The van der Waals surface area contributed by atoms with Crippen LogP contribution in [-0.4, -0.2) is 28.0 Å². The lowest BCUT2D eigenvalue weighted by Gasteiger charge is -2.11. The number of halogens is 1. The molecule has 6 nitrogen and oxygen atoms in total. The minimum atomic E-state index is -0.435. The quantitative estimate of drug-likeness (QED) is 0.490. The Morgan fingerprint density at radius 1 is 1.42 bits per heavy atom. The number of hydrogen-bond acceptors (Lipinski definition) is 5. The van der Waals surface area contributed by atoms with E-state index in [1.165, 1.54) is 18.4 Å². The van der Waals surface area contributed by atoms with Gasteiger partial charge in [-0.25, -0.2) is 4.79 Å². The van der Waals surface area contributed by atoms with Crippen LogP contribution in [0.15, 0.2) is 30.5 Å². The molecule has 26 heavy (non-hydrogen) atoms. The predicted octanol–water partition coefficient (Wildman–Crippen LogP) is 4.04. The molecule has 0 bridgehead atoms. The molecule has 0 unspecified atom stereocenters. The number of aromatic nitrogens is 2. The summed E-state index contributed by atoms with van der Waals surface area (Å²) in [5.74, 6) is -0.435. The highest BCUT2D eigenvalue weighted by atomic mass is 35.5. The van der Waals surface area contributed by atoms with Gasteiger partial charge in [-0.05, 0) is 43.4 Å². The number of benzene rings is 1. The zero-order chi connectivity index (χ0) is 18.7. The van der Waals surface area contributed by atoms with Crippen molar-refractivity contribution in [2.45, 2.75) is 20.0 Å². The third-order valence-corrected chi connectivity index (χ3v) is 5.68. The number of thiocarbonyl (C=S) groups is 1. The number of nitrogens with zero attached hydrogens (tertiary/aromatic N) is 2. The second kappa shape index (κ2) is 8.03. The Kier molecular flexibility index (Phi) is 5.75. The molecule has 2 heterocycles. The minimum Gasteiger partial charge on any atom is -0.465 e. The lowest BCUT2D eigenvalue weighted by Crippen LogP contribution is -2.28. The van der Waals surface area contributed by atoms with Crippen LogP contribution in [0.2, 0.25) is 5.02 Å². The average molecular weight is 409 g/mol. The number of fused-ring (bicyclic) bond motifs is 1. The van der Waals surface area contributed by atoms with E-state index in [9.17, 15) is 4.79 Å². The number of carbonyl (C=O) groups excluding carboxylic acids is 1. The number of carbonyl (C=O) groups is 1. The number of thiophene rings is 1. The van der Waals surface area contributed by atoms with Crippen molar-refractivity contribution < 1.29 is 9.53 Å². The summed E-state index contributed by atoms with van der Waals surface area (Å²) in [6.07, 6.45) is 1.77. The van der Waals surface area contributed by atoms with Crippen LogP contribution in [0.3, 0.4) is 0 Å². The van der Waals surface area contributed by atoms with Crippen molar-refractivity contribution in [2.24, 2.45) is 0 Å². The zero-order valence-electron chi connectivity index (χ0n) is 14.2. The van der Waals surface area contributed by atoms with Gasteiger partial charge in [-0.2, -0.15) is 5.10 Å². The van der Waals surface area contributed by atoms with E-state index in [2.05, 4.69) is 15.7 Å². The van der Waals surface area contributed by atoms with Gasteiger partial charge in [0.1, 0.15) is 4.88 Å². The van der Waals surface area contributed by atoms with Gasteiger partial charge in [-0.1, -0.05) is 11.6 Å². The molecule has 0 aliphatic heterocycles. The summed E-state index contributed by atoms with van der Waals surface area (Å²) in [5.41, 5.74) is 1.87. The van der Waals surface area contributed by atoms with Crippen LogP contribution in [0.1, 0.15) is 22.3 Å². The summed E-state index contributed by atoms with van der Waals surface area (Å²) in [4.78, 5) is 12.2. The van der Waals surface area contributed by atoms with Crippen LogP contribution < -0.4 is 10.6 Å². The molecule has 2 aromatic heterocycles. The van der Waals surface area contributed by atoms with E-state index in [1.54, 1.807) is 6.20 Å². The molecule has 0 saturated heterocycles. The molecule has 136 valence electrons. The van der Waals surface area contributed by atoms with Crippen LogP contribution in [0.25, 0.3) is 10.1 Å². The van der Waals surface area contributed by atoms with E-state index >= 15 is 0 Å². The summed E-state index contributed by atoms with van der Waals surface area (Å²) >= 11 is 12.9. The van der Waals surface area contributed by atoms with Gasteiger partial charge in [0.25, 0.3) is 0 Å². The molecule has 0 spiro atoms. The van der Waals surface area contributed by atoms with Crippen LogP contribution in [0, 0.1) is 0 Å². The Bertz CT molecular complexity index is 967. The van der Waals surface area contributed by atoms with Crippen LogP contribution in [0.4, 0.5) is 5.69 Å². The van der Waals surface area contributed by atoms with Gasteiger partial charge in [0.15, 0.2) is 5.11 Å². The summed E-state index contributed by atoms with van der Waals surface area (Å²) < 4.78 is 7.55. The lowest BCUT2D eigenvalue weighted by atomic mass is 10.2. The third-order valence-electron chi connectivity index (χ3n) is 3.79. The normalized spacial score (nSPS) is 10.7. The molecule has 2 N–H and O–H groups in total. The van der Waals surface area contributed by atoms with Crippen molar-refractivity contribution in [3.8, 4) is 0 Å². The Morgan fingerprint density at radius 3 is 2.96 bits per heavy atom. The van der Waals surface area contributed by atoms with Gasteiger partial charge in [0.2, 0.25) is 0 Å². The Labute approximate surface area is 165 Å². The molecule has 0 atom stereocenters. The first-order valence-corrected chi connectivity index (χ1v) is 9.49. The fourth-order valence-electron chi connectivity index (χ4n) is 2.51. The lowest BCUT2D eigenvalue weighted by molar-refractivity contribution is 0.0606. The van der Waals surface area contributed by atoms with Crippen molar-refractivity contribution in [1.82, 2.24) is 15.1 Å². The van der Waals surface area contributed by atoms with Gasteiger partial charge in [-0.15, -0.1) is 11.3 Å². The molecule has 0 aliphatic rings. The van der Waals surface area contributed by atoms with E-state index in [0.717, 1.165) is 28.0 Å². The van der Waals surface area contributed by atoms with Crippen molar-refractivity contribution in [1.29, 1.82) is 0 Å². The Morgan fingerprint density at radius 2 is 2.23 bits per heavy atom. The van der Waals surface area contributed by atoms with Crippen molar-refractivity contribution in [2.75, 3.05) is 12.4 Å². The topological polar surface area (TPSA) is 68.2 Å². The van der Waals surface area contributed by atoms with E-state index in [0.29, 0.717) is 21.6 Å². The van der Waals surface area contributed by atoms with Crippen LogP contribution in [-0.2, 0) is 17.8 Å². The fourth-order valence-corrected chi connectivity index (χ4v) is 4.16. The second-order valence-electron chi connectivity index (χ2n) is 5.39. The molecule has 3 rings (SSSR count). The first-order chi connectivity index (χ1) is 12.5. The minimum absolute atomic E-state index is 0.398. The number of rotatable bonds is 5. The molecule has 0 amide bonds. The standard InChI is InChI=1S/C17H17ClN4O2S2/c1-3-22-11(6-7-20-22)9-19-17(25)21-10-4-5-12-13(8-10)26-15(14(12)18)16(23)24-2/h4-8H,3,9H2,1-2H3,(H2,19,21,25). The molecule has 0 saturated carbocycles. The van der Waals surface area contributed by atoms with Crippen LogP contribution in [0.5, 0.6) is 0 Å². The number of esters is 1. The first kappa shape index (κ1) is 18.6. The monoisotopic (exact) mass is 408 g/mol. The number of anilines is 1. The highest BCUT2D eigenvalue weighted by Gasteiger charge is 2.17. The van der Waals surface area contributed by atoms with Gasteiger partial charge in [0, 0.05) is 28.5 Å². The van der Waals surface area contributed by atoms with Gasteiger partial charge in [-0.3, -0.25) is 4.68 Å². The maximum Gasteiger partial charge on any atom is 0.349 e. The Hall–Kier alpha value is -2.16. The number of hydrogen-bond donors (Lipinski definition) is 2. The van der Waals surface area contributed by atoms with Crippen molar-refractivity contribution >= 4 is 62.0 Å². The maximum absolute atomic E-state index is 11.8. The molecular weight excluding hydrogens is 392 g/mol. The highest BCUT2D eigenvalue weighted by Crippen LogP contribution is 2.37. The van der Waals surface area contributed by atoms with E-state index in [1.807, 2.05) is 35.9 Å². The first-order valence-electron chi connectivity index (χ1n) is 7.89. The summed E-state index contributed by atoms with van der Waals surface area (Å²) in [6.45, 7) is 3.43. The zero-order valence-corrected chi connectivity index (χ0v) is 16.6. The Balaban J connectivity index is 1.70. The molecule has 3 aromatic rings. The summed E-state index contributed by atoms with van der Waals surface area (Å²) in [7, 11) is 1.34. The van der Waals surface area contributed by atoms with Crippen molar-refractivity contribution in [3.63, 3.8) is 0 Å². The molecule has 0 radical (unpaired) electrons. The largest absolute Gasteiger partial charge is 0.465 e. The smallest absolute Gasteiger partial charge is 0.349 e. The second-order valence-corrected chi connectivity index (χ2v) is 7.23. The van der Waals surface area contributed by atoms with Crippen molar-refractivity contribution in [3.05, 3.63) is 46.1 Å². The molecule has 0 fully saturated rings. The third kappa shape index (κ3) is 3.82. The molecule has 1 aromatic carbocycles. The van der Waals surface area contributed by atoms with E-state index in [-0.39, 0.29) is 0 Å². The number of nitrogens with one attached hydrogen (secondary N) is 2. The maximum atomic E-state index is 11.8. The SMILES string of the molecule is CCn1nccc1CNC(=S)Nc1ccc2c(Cl)c(C(=O)OC)sc2c1. The fraction of sp³-hybridized carbons (Fsp3) is 0.235. The van der Waals surface area contributed by atoms with Gasteiger partial charge >= 0.3 is 5.97 Å². The van der Waals surface area contributed by atoms with Crippen LogP contribution >= 0.6 is 35.2 Å². The number of methoxy groups -OCH3 is 1. The molecular formula is C17H17ClN4O2S2. The van der Waals surface area contributed by atoms with Gasteiger partial charge in [0.05, 0.1) is 24.4 Å². The van der Waals surface area contributed by atoms with E-state index in [4.69, 9.17) is 28.6 Å². The highest BCUT2D eigenvalue weighted by molar-refractivity contribution is 7.80. The predicted molar refractivity (Wildman–Crippen MR) is 109 cm³/mol. The average Bonchev–Trinajstić information content (AvgIpc) is 3.23. The summed E-state index contributed by atoms with van der Waals surface area (Å²) in [5, 5.41) is 12.3. The number of ether oxygens (including phenoxy) is 1.